The molecule has 174 valence electrons. The molecular formula is C24H24F2N2O5. The fraction of sp³-hybridized carbons (Fsp3) is 0.375. The number of hydrogen-bond acceptors (Lipinski definition) is 4. The summed E-state index contributed by atoms with van der Waals surface area (Å²) in [5.41, 5.74) is 4.07. The van der Waals surface area contributed by atoms with E-state index in [2.05, 4.69) is 5.32 Å². The molecule has 2 aliphatic rings. The fourth-order valence-corrected chi connectivity index (χ4v) is 4.67. The summed E-state index contributed by atoms with van der Waals surface area (Å²) in [6, 6.07) is 12.9. The van der Waals surface area contributed by atoms with Gasteiger partial charge in [-0.25, -0.2) is 18.4 Å². The molecule has 1 fully saturated rings. The van der Waals surface area contributed by atoms with Crippen LogP contribution in [0.3, 0.4) is 0 Å². The van der Waals surface area contributed by atoms with Crippen molar-refractivity contribution in [3.63, 3.8) is 0 Å². The highest BCUT2D eigenvalue weighted by Gasteiger charge is 2.39. The van der Waals surface area contributed by atoms with E-state index in [1.165, 1.54) is 0 Å². The second-order valence-electron chi connectivity index (χ2n) is 8.18. The summed E-state index contributed by atoms with van der Waals surface area (Å²) in [6.45, 7) is 0.110. The number of carboxylic acids is 1. The molecule has 1 aliphatic heterocycles. The molecule has 1 saturated heterocycles. The maximum atomic E-state index is 13.1. The molecule has 9 heteroatoms. The number of aliphatic carboxylic acids is 1. The van der Waals surface area contributed by atoms with Crippen molar-refractivity contribution in [2.45, 2.75) is 43.7 Å². The van der Waals surface area contributed by atoms with E-state index in [-0.39, 0.29) is 25.5 Å². The van der Waals surface area contributed by atoms with Gasteiger partial charge in [0.05, 0.1) is 0 Å². The van der Waals surface area contributed by atoms with Gasteiger partial charge in [-0.1, -0.05) is 48.5 Å². The number of hydrogen-bond donors (Lipinski definition) is 2. The minimum atomic E-state index is -2.86. The van der Waals surface area contributed by atoms with Crippen molar-refractivity contribution in [2.75, 3.05) is 13.2 Å². The molecule has 2 N–H and O–H groups in total. The van der Waals surface area contributed by atoms with E-state index in [9.17, 15) is 28.3 Å². The van der Waals surface area contributed by atoms with Crippen LogP contribution in [-0.4, -0.2) is 59.6 Å². The minimum absolute atomic E-state index is 0.0308. The quantitative estimate of drug-likeness (QED) is 0.661. The Kier molecular flexibility index (Phi) is 6.57. The predicted molar refractivity (Wildman–Crippen MR) is 115 cm³/mol. The first kappa shape index (κ1) is 22.7. The molecule has 0 saturated carbocycles. The number of likely N-dealkylation sites (tertiary alicyclic amines) is 1. The van der Waals surface area contributed by atoms with Gasteiger partial charge in [-0.2, -0.15) is 0 Å². The Bertz CT molecular complexity index is 1020. The molecule has 0 bridgehead atoms. The van der Waals surface area contributed by atoms with E-state index in [0.717, 1.165) is 27.2 Å². The Morgan fingerprint density at radius 1 is 1.06 bits per heavy atom. The standard InChI is InChI=1S/C24H24F2N2O5/c25-21(26)12-19(22(29)28-11-5-10-20(28)23(30)31)27-24(32)33-13-18-16-8-3-1-6-14(16)15-7-2-4-9-17(15)18/h1-4,6-9,18-21H,5,10-13H2,(H,27,32)(H,30,31)/t19?,20-/m0/s1. The van der Waals surface area contributed by atoms with Crippen LogP contribution in [0, 0.1) is 0 Å². The molecule has 1 aliphatic carbocycles. The number of alkyl carbamates (subject to hydrolysis) is 1. The van der Waals surface area contributed by atoms with Crippen LogP contribution in [0.5, 0.6) is 0 Å². The molecule has 2 amide bonds. The van der Waals surface area contributed by atoms with Gasteiger partial charge in [0, 0.05) is 18.9 Å². The van der Waals surface area contributed by atoms with Gasteiger partial charge in [0.15, 0.2) is 0 Å². The van der Waals surface area contributed by atoms with Crippen molar-refractivity contribution >= 4 is 18.0 Å². The molecule has 0 aromatic heterocycles. The highest BCUT2D eigenvalue weighted by molar-refractivity contribution is 5.90. The lowest BCUT2D eigenvalue weighted by atomic mass is 9.98. The molecule has 4 rings (SSSR count). The van der Waals surface area contributed by atoms with Crippen LogP contribution in [0.4, 0.5) is 13.6 Å². The zero-order chi connectivity index (χ0) is 23.5. The average Bonchev–Trinajstić information content (AvgIpc) is 3.40. The average molecular weight is 458 g/mol. The summed E-state index contributed by atoms with van der Waals surface area (Å²) in [5.74, 6) is -2.26. The number of carboxylic acid groups (broad SMARTS) is 1. The third kappa shape index (κ3) is 4.67. The number of nitrogens with zero attached hydrogens (tertiary/aromatic N) is 1. The van der Waals surface area contributed by atoms with E-state index < -0.39 is 42.9 Å². The molecule has 1 heterocycles. The monoisotopic (exact) mass is 458 g/mol. The van der Waals surface area contributed by atoms with Gasteiger partial charge in [-0.15, -0.1) is 0 Å². The Labute approximate surface area is 189 Å². The van der Waals surface area contributed by atoms with Gasteiger partial charge < -0.3 is 20.1 Å². The third-order valence-electron chi connectivity index (χ3n) is 6.17. The molecule has 2 aromatic rings. The number of halogens is 2. The number of benzene rings is 2. The summed E-state index contributed by atoms with van der Waals surface area (Å²) in [7, 11) is 0. The van der Waals surface area contributed by atoms with Crippen molar-refractivity contribution in [1.29, 1.82) is 0 Å². The molecule has 0 radical (unpaired) electrons. The van der Waals surface area contributed by atoms with E-state index in [1.807, 2.05) is 48.5 Å². The van der Waals surface area contributed by atoms with Crippen molar-refractivity contribution < 1.29 is 33.0 Å². The zero-order valence-electron chi connectivity index (χ0n) is 17.7. The van der Waals surface area contributed by atoms with Crippen molar-refractivity contribution in [3.05, 3.63) is 59.7 Å². The summed E-state index contributed by atoms with van der Waals surface area (Å²) >= 11 is 0. The molecule has 7 nitrogen and oxygen atoms in total. The highest BCUT2D eigenvalue weighted by atomic mass is 19.3. The number of rotatable bonds is 7. The van der Waals surface area contributed by atoms with Gasteiger partial charge in [0.2, 0.25) is 12.3 Å². The molecule has 2 aromatic carbocycles. The molecular weight excluding hydrogens is 434 g/mol. The van der Waals surface area contributed by atoms with Crippen LogP contribution in [-0.2, 0) is 14.3 Å². The number of carbonyl (C=O) groups is 3. The summed E-state index contributed by atoms with van der Waals surface area (Å²) in [4.78, 5) is 37.7. The molecule has 33 heavy (non-hydrogen) atoms. The second kappa shape index (κ2) is 9.56. The maximum Gasteiger partial charge on any atom is 0.407 e. The first-order valence-electron chi connectivity index (χ1n) is 10.8. The number of alkyl halides is 2. The Hall–Kier alpha value is -3.49. The van der Waals surface area contributed by atoms with Crippen molar-refractivity contribution in [2.24, 2.45) is 0 Å². The van der Waals surface area contributed by atoms with Gasteiger partial charge in [0.25, 0.3) is 0 Å². The SMILES string of the molecule is O=C(NC(CC(F)F)C(=O)N1CCC[C@H]1C(=O)O)OCC1c2ccccc2-c2ccccc21. The van der Waals surface area contributed by atoms with E-state index >= 15 is 0 Å². The number of nitrogens with one attached hydrogen (secondary N) is 1. The van der Waals surface area contributed by atoms with E-state index in [4.69, 9.17) is 4.74 Å². The minimum Gasteiger partial charge on any atom is -0.480 e. The largest absolute Gasteiger partial charge is 0.480 e. The lowest BCUT2D eigenvalue weighted by molar-refractivity contribution is -0.149. The lowest BCUT2D eigenvalue weighted by Gasteiger charge is -2.27. The van der Waals surface area contributed by atoms with Crippen LogP contribution in [0.1, 0.15) is 36.3 Å². The number of fused-ring (bicyclic) bond motifs is 3. The molecule has 1 unspecified atom stereocenters. The number of carbonyl (C=O) groups excluding carboxylic acids is 2. The van der Waals surface area contributed by atoms with Crippen molar-refractivity contribution in [3.8, 4) is 11.1 Å². The predicted octanol–water partition coefficient (Wildman–Crippen LogP) is 3.62. The van der Waals surface area contributed by atoms with Gasteiger partial charge >= 0.3 is 12.1 Å². The Morgan fingerprint density at radius 2 is 1.67 bits per heavy atom. The number of ether oxygens (including phenoxy) is 1. The summed E-state index contributed by atoms with van der Waals surface area (Å²) in [5, 5.41) is 11.5. The number of amides is 2. The first-order chi connectivity index (χ1) is 15.9. The molecule has 2 atom stereocenters. The van der Waals surface area contributed by atoms with Crippen LogP contribution < -0.4 is 5.32 Å². The smallest absolute Gasteiger partial charge is 0.407 e. The summed E-state index contributed by atoms with van der Waals surface area (Å²) in [6.07, 6.45) is -4.09. The third-order valence-corrected chi connectivity index (χ3v) is 6.17. The summed E-state index contributed by atoms with van der Waals surface area (Å²) < 4.78 is 31.6. The van der Waals surface area contributed by atoms with E-state index in [0.29, 0.717) is 6.42 Å². The lowest BCUT2D eigenvalue weighted by Crippen LogP contribution is -2.52. The van der Waals surface area contributed by atoms with E-state index in [1.54, 1.807) is 0 Å². The second-order valence-corrected chi connectivity index (χ2v) is 8.18. The van der Waals surface area contributed by atoms with Crippen LogP contribution in [0.15, 0.2) is 48.5 Å². The van der Waals surface area contributed by atoms with Crippen LogP contribution in [0.2, 0.25) is 0 Å². The first-order valence-corrected chi connectivity index (χ1v) is 10.8. The fourth-order valence-electron chi connectivity index (χ4n) is 4.67. The zero-order valence-corrected chi connectivity index (χ0v) is 17.7. The van der Waals surface area contributed by atoms with Gasteiger partial charge in [-0.05, 0) is 35.1 Å². The van der Waals surface area contributed by atoms with Crippen LogP contribution >= 0.6 is 0 Å². The highest BCUT2D eigenvalue weighted by Crippen LogP contribution is 2.44. The Balaban J connectivity index is 1.44. The normalized spacial score (nSPS) is 18.0. The van der Waals surface area contributed by atoms with Gasteiger partial charge in [-0.3, -0.25) is 4.79 Å². The maximum absolute atomic E-state index is 13.1. The Morgan fingerprint density at radius 3 is 2.24 bits per heavy atom. The molecule has 0 spiro atoms. The topological polar surface area (TPSA) is 95.9 Å². The van der Waals surface area contributed by atoms with Crippen molar-refractivity contribution in [1.82, 2.24) is 10.2 Å². The van der Waals surface area contributed by atoms with Gasteiger partial charge in [0.1, 0.15) is 18.7 Å². The van der Waals surface area contributed by atoms with Crippen LogP contribution in [0.25, 0.3) is 11.1 Å².